The fraction of sp³-hybridized carbons (Fsp3) is 0.286. The van der Waals surface area contributed by atoms with Gasteiger partial charge in [0.1, 0.15) is 0 Å². The molecule has 1 atom stereocenters. The van der Waals surface area contributed by atoms with E-state index in [9.17, 15) is 0 Å². The third kappa shape index (κ3) is 2.91. The van der Waals surface area contributed by atoms with Gasteiger partial charge in [-0.05, 0) is 38.4 Å². The quantitative estimate of drug-likeness (QED) is 0.654. The van der Waals surface area contributed by atoms with Crippen LogP contribution in [0.25, 0.3) is 0 Å². The van der Waals surface area contributed by atoms with E-state index >= 15 is 0 Å². The minimum atomic E-state index is -0.411. The molecule has 0 saturated carbocycles. The predicted octanol–water partition coefficient (Wildman–Crippen LogP) is 2.83. The van der Waals surface area contributed by atoms with Crippen LogP contribution in [-0.4, -0.2) is 24.7 Å². The lowest BCUT2D eigenvalue weighted by Crippen LogP contribution is -2.51. The molecule has 0 radical (unpaired) electrons. The number of nitrogens with two attached hydrogens (primary N) is 1. The maximum atomic E-state index is 6.19. The highest BCUT2D eigenvalue weighted by molar-refractivity contribution is 5.36. The summed E-state index contributed by atoms with van der Waals surface area (Å²) in [7, 11) is 3.93. The van der Waals surface area contributed by atoms with E-state index in [1.165, 1.54) is 0 Å². The van der Waals surface area contributed by atoms with E-state index in [1.54, 1.807) is 0 Å². The Bertz CT molecular complexity index is 488. The van der Waals surface area contributed by atoms with Crippen molar-refractivity contribution in [3.05, 3.63) is 54.3 Å². The molecule has 2 rings (SSSR count). The van der Waals surface area contributed by atoms with Crippen LogP contribution in [0.15, 0.2) is 64.5 Å². The molecule has 0 aromatic heterocycles. The average molecular weight is 242 g/mol. The molecule has 0 bridgehead atoms. The fourth-order valence-corrected chi connectivity index (χ4v) is 1.65. The highest BCUT2D eigenvalue weighted by atomic mass is 15.2. The first-order valence-corrected chi connectivity index (χ1v) is 5.93. The van der Waals surface area contributed by atoms with Crippen molar-refractivity contribution in [1.29, 1.82) is 0 Å². The third-order valence-corrected chi connectivity index (χ3v) is 3.05. The van der Waals surface area contributed by atoms with Gasteiger partial charge in [0, 0.05) is 6.42 Å². The predicted molar refractivity (Wildman–Crippen MR) is 73.4 cm³/mol. The van der Waals surface area contributed by atoms with Gasteiger partial charge in [-0.1, -0.05) is 24.3 Å². The summed E-state index contributed by atoms with van der Waals surface area (Å²) in [5.41, 5.74) is 7.48. The van der Waals surface area contributed by atoms with Crippen LogP contribution in [0.4, 0.5) is 5.69 Å². The van der Waals surface area contributed by atoms with Gasteiger partial charge in [-0.2, -0.15) is 10.2 Å². The van der Waals surface area contributed by atoms with Gasteiger partial charge in [-0.15, -0.1) is 0 Å². The summed E-state index contributed by atoms with van der Waals surface area (Å²) in [5.74, 6) is 0. The van der Waals surface area contributed by atoms with Crippen LogP contribution >= 0.6 is 0 Å². The van der Waals surface area contributed by atoms with Crippen LogP contribution in [0.3, 0.4) is 0 Å². The smallest absolute Gasteiger partial charge is 0.0913 e. The van der Waals surface area contributed by atoms with Crippen LogP contribution in [0, 0.1) is 0 Å². The number of nitrogens with zero attached hydrogens (tertiary/aromatic N) is 3. The number of hydrogen-bond acceptors (Lipinski definition) is 4. The van der Waals surface area contributed by atoms with Crippen LogP contribution in [-0.2, 0) is 0 Å². The van der Waals surface area contributed by atoms with Gasteiger partial charge in [0.25, 0.3) is 0 Å². The second-order valence-corrected chi connectivity index (χ2v) is 4.59. The Morgan fingerprint density at radius 3 is 2.44 bits per heavy atom. The highest BCUT2D eigenvalue weighted by Gasteiger charge is 2.25. The molecule has 4 heteroatoms. The minimum absolute atomic E-state index is 0.411. The zero-order chi connectivity index (χ0) is 13.0. The first-order valence-electron chi connectivity index (χ1n) is 5.93. The number of rotatable bonds is 3. The molecule has 94 valence electrons. The molecule has 1 unspecified atom stereocenters. The Morgan fingerprint density at radius 1 is 1.17 bits per heavy atom. The fourth-order valence-electron chi connectivity index (χ4n) is 1.65. The number of hydrogen-bond donors (Lipinski definition) is 1. The van der Waals surface area contributed by atoms with E-state index in [0.29, 0.717) is 0 Å². The lowest BCUT2D eigenvalue weighted by Gasteiger charge is -2.34. The van der Waals surface area contributed by atoms with Gasteiger partial charge in [-0.3, -0.25) is 4.90 Å². The normalized spacial score (nSPS) is 23.7. The summed E-state index contributed by atoms with van der Waals surface area (Å²) in [5, 5.41) is 8.38. The van der Waals surface area contributed by atoms with Crippen molar-refractivity contribution in [3.8, 4) is 0 Å². The van der Waals surface area contributed by atoms with Crippen LogP contribution in [0.2, 0.25) is 0 Å². The molecular weight excluding hydrogens is 224 g/mol. The zero-order valence-electron chi connectivity index (χ0n) is 10.7. The Kier molecular flexibility index (Phi) is 3.69. The van der Waals surface area contributed by atoms with Crippen molar-refractivity contribution in [2.75, 3.05) is 14.1 Å². The van der Waals surface area contributed by atoms with Crippen LogP contribution in [0.1, 0.15) is 6.42 Å². The van der Waals surface area contributed by atoms with Gasteiger partial charge in [0.05, 0.1) is 17.0 Å². The largest absolute Gasteiger partial charge is 0.310 e. The van der Waals surface area contributed by atoms with Crippen molar-refractivity contribution < 1.29 is 0 Å². The first kappa shape index (κ1) is 12.7. The molecule has 4 nitrogen and oxygen atoms in total. The summed E-state index contributed by atoms with van der Waals surface area (Å²) in [6, 6.07) is 9.68. The van der Waals surface area contributed by atoms with E-state index in [1.807, 2.05) is 67.6 Å². The molecule has 0 aliphatic heterocycles. The molecule has 2 N–H and O–H groups in total. The molecule has 1 aromatic carbocycles. The molecule has 18 heavy (non-hydrogen) atoms. The summed E-state index contributed by atoms with van der Waals surface area (Å²) in [6.07, 6.45) is 6.62. The van der Waals surface area contributed by atoms with Crippen LogP contribution < -0.4 is 5.73 Å². The second-order valence-electron chi connectivity index (χ2n) is 4.59. The molecule has 0 saturated heterocycles. The van der Waals surface area contributed by atoms with E-state index in [2.05, 4.69) is 10.2 Å². The molecule has 1 aliphatic carbocycles. The molecule has 0 spiro atoms. The zero-order valence-corrected chi connectivity index (χ0v) is 10.7. The maximum absolute atomic E-state index is 6.19. The average Bonchev–Trinajstić information content (AvgIpc) is 2.39. The van der Waals surface area contributed by atoms with Crippen molar-refractivity contribution in [1.82, 2.24) is 4.90 Å². The number of benzene rings is 1. The third-order valence-electron chi connectivity index (χ3n) is 3.05. The summed E-state index contributed by atoms with van der Waals surface area (Å²) < 4.78 is 0. The molecule has 0 amide bonds. The number of allylic oxidation sites excluding steroid dienone is 1. The highest BCUT2D eigenvalue weighted by Crippen LogP contribution is 2.22. The number of azo groups is 1. The molecular formula is C14H18N4. The molecule has 1 aliphatic rings. The number of likely N-dealkylation sites (N-methyl/N-ethyl adjacent to an activating group) is 1. The first-order chi connectivity index (χ1) is 8.60. The standard InChI is InChI=1S/C14H18N4/c1-18(2)14(15)10-8-13(9-11-14)17-16-12-6-4-3-5-7-12/h3-10H,11,15H2,1-2H3. The monoisotopic (exact) mass is 242 g/mol. The van der Waals surface area contributed by atoms with E-state index in [4.69, 9.17) is 5.73 Å². The van der Waals surface area contributed by atoms with Crippen molar-refractivity contribution in [2.24, 2.45) is 16.0 Å². The van der Waals surface area contributed by atoms with Crippen molar-refractivity contribution >= 4 is 5.69 Å². The topological polar surface area (TPSA) is 54.0 Å². The maximum Gasteiger partial charge on any atom is 0.0913 e. The molecule has 0 heterocycles. The Balaban J connectivity index is 2.04. The second kappa shape index (κ2) is 5.25. The summed E-state index contributed by atoms with van der Waals surface area (Å²) >= 11 is 0. The lowest BCUT2D eigenvalue weighted by molar-refractivity contribution is 0.215. The van der Waals surface area contributed by atoms with Gasteiger partial charge in [0.2, 0.25) is 0 Å². The van der Waals surface area contributed by atoms with Gasteiger partial charge >= 0.3 is 0 Å². The van der Waals surface area contributed by atoms with Crippen molar-refractivity contribution in [3.63, 3.8) is 0 Å². The Hall–Kier alpha value is -1.78. The molecule has 1 aromatic rings. The SMILES string of the molecule is CN(C)C1(N)C=CC(N=Nc2ccccc2)=CC1. The van der Waals surface area contributed by atoms with E-state index in [0.717, 1.165) is 17.8 Å². The van der Waals surface area contributed by atoms with E-state index < -0.39 is 5.66 Å². The van der Waals surface area contributed by atoms with E-state index in [-0.39, 0.29) is 0 Å². The lowest BCUT2D eigenvalue weighted by atomic mass is 10.00. The molecule has 0 fully saturated rings. The Morgan fingerprint density at radius 2 is 1.89 bits per heavy atom. The van der Waals surface area contributed by atoms with Gasteiger partial charge in [-0.25, -0.2) is 0 Å². The Labute approximate surface area is 108 Å². The van der Waals surface area contributed by atoms with Gasteiger partial charge < -0.3 is 5.73 Å². The summed E-state index contributed by atoms with van der Waals surface area (Å²) in [6.45, 7) is 0. The van der Waals surface area contributed by atoms with Crippen molar-refractivity contribution in [2.45, 2.75) is 12.1 Å². The van der Waals surface area contributed by atoms with Crippen LogP contribution in [0.5, 0.6) is 0 Å². The van der Waals surface area contributed by atoms with Gasteiger partial charge in [0.15, 0.2) is 0 Å². The minimum Gasteiger partial charge on any atom is -0.310 e. The summed E-state index contributed by atoms with van der Waals surface area (Å²) in [4.78, 5) is 1.99.